The highest BCUT2D eigenvalue weighted by atomic mass is 16.2. The molecule has 2 aliphatic carbocycles. The van der Waals surface area contributed by atoms with Gasteiger partial charge in [0, 0.05) is 18.5 Å². The van der Waals surface area contributed by atoms with Crippen molar-refractivity contribution in [2.45, 2.75) is 50.5 Å². The molecule has 0 radical (unpaired) electrons. The molecule has 1 saturated heterocycles. The molecule has 4 amide bonds. The van der Waals surface area contributed by atoms with E-state index in [9.17, 15) is 14.4 Å². The predicted molar refractivity (Wildman–Crippen MR) is 143 cm³/mol. The van der Waals surface area contributed by atoms with Crippen molar-refractivity contribution >= 4 is 40.4 Å². The Kier molecular flexibility index (Phi) is 5.99. The minimum Gasteiger partial charge on any atom is -0.352 e. The smallest absolute Gasteiger partial charge is 0.325 e. The summed E-state index contributed by atoms with van der Waals surface area (Å²) in [6, 6.07) is 17.6. The molecule has 0 atom stereocenters. The fourth-order valence-corrected chi connectivity index (χ4v) is 6.01. The maximum atomic E-state index is 13.5. The molecule has 2 aromatic carbocycles. The number of imide groups is 1. The molecule has 7 nitrogen and oxygen atoms in total. The Balaban J connectivity index is 1.19. The first-order chi connectivity index (χ1) is 18.1. The molecule has 188 valence electrons. The minimum absolute atomic E-state index is 0.114. The lowest BCUT2D eigenvalue weighted by Crippen LogP contribution is -2.44. The minimum atomic E-state index is -0.693. The highest BCUT2D eigenvalue weighted by molar-refractivity contribution is 6.09. The number of carbonyl (C=O) groups is 3. The van der Waals surface area contributed by atoms with Gasteiger partial charge in [-0.1, -0.05) is 61.4 Å². The summed E-state index contributed by atoms with van der Waals surface area (Å²) < 4.78 is 0. The Hall–Kier alpha value is -4.00. The summed E-state index contributed by atoms with van der Waals surface area (Å²) in [5, 5.41) is 6.80. The molecule has 3 aliphatic rings. The molecule has 0 bridgehead atoms. The Labute approximate surface area is 216 Å². The molecule has 0 unspecified atom stereocenters. The van der Waals surface area contributed by atoms with Crippen LogP contribution in [0.1, 0.15) is 65.7 Å². The number of urea groups is 1. The number of hydrogen-bond acceptors (Lipinski definition) is 4. The van der Waals surface area contributed by atoms with Crippen LogP contribution in [0.25, 0.3) is 22.6 Å². The Morgan fingerprint density at radius 2 is 1.78 bits per heavy atom. The second-order valence-electron chi connectivity index (χ2n) is 10.2. The standard InChI is InChI=1S/C30H30N4O3/c35-27(31-17-8-18-34-28(36)30(33-29(34)37)15-6-7-16-30)25-22-11-4-5-12-24(22)32-26-21(13-14-23(25)26)19-20-9-2-1-3-10-20/h1-5,9-12,19H,6-8,13-18H2,(H,31,35)(H,33,37)/b21-19+. The van der Waals surface area contributed by atoms with E-state index < -0.39 is 5.54 Å². The Morgan fingerprint density at radius 3 is 2.59 bits per heavy atom. The zero-order valence-corrected chi connectivity index (χ0v) is 20.8. The highest BCUT2D eigenvalue weighted by Crippen LogP contribution is 2.38. The first kappa shape index (κ1) is 23.4. The molecular weight excluding hydrogens is 464 g/mol. The lowest BCUT2D eigenvalue weighted by molar-refractivity contribution is -0.131. The molecule has 37 heavy (non-hydrogen) atoms. The summed E-state index contributed by atoms with van der Waals surface area (Å²) >= 11 is 0. The summed E-state index contributed by atoms with van der Waals surface area (Å²) in [6.45, 7) is 0.673. The van der Waals surface area contributed by atoms with E-state index in [1.807, 2.05) is 42.5 Å². The van der Waals surface area contributed by atoms with Crippen LogP contribution in [-0.2, 0) is 11.2 Å². The monoisotopic (exact) mass is 494 g/mol. The molecule has 1 saturated carbocycles. The number of amides is 4. The van der Waals surface area contributed by atoms with Gasteiger partial charge in [-0.2, -0.15) is 0 Å². The summed E-state index contributed by atoms with van der Waals surface area (Å²) in [6.07, 6.45) is 7.61. The Bertz CT molecular complexity index is 1420. The van der Waals surface area contributed by atoms with Gasteiger partial charge >= 0.3 is 6.03 Å². The van der Waals surface area contributed by atoms with Crippen LogP contribution in [0.15, 0.2) is 54.6 Å². The number of carbonyl (C=O) groups excluding carboxylic acids is 3. The largest absolute Gasteiger partial charge is 0.352 e. The first-order valence-electron chi connectivity index (χ1n) is 13.2. The third-order valence-electron chi connectivity index (χ3n) is 7.86. The van der Waals surface area contributed by atoms with Crippen LogP contribution < -0.4 is 10.6 Å². The quantitative estimate of drug-likeness (QED) is 0.384. The Morgan fingerprint density at radius 1 is 1.03 bits per heavy atom. The van der Waals surface area contributed by atoms with Crippen molar-refractivity contribution in [3.8, 4) is 0 Å². The predicted octanol–water partition coefficient (Wildman–Crippen LogP) is 4.71. The van der Waals surface area contributed by atoms with Crippen LogP contribution in [0.2, 0.25) is 0 Å². The van der Waals surface area contributed by atoms with Gasteiger partial charge in [-0.25, -0.2) is 9.78 Å². The number of allylic oxidation sites excluding steroid dienone is 1. The molecule has 7 heteroatoms. The molecule has 2 N–H and O–H groups in total. The number of hydrogen-bond donors (Lipinski definition) is 2. The molecule has 1 aromatic heterocycles. The van der Waals surface area contributed by atoms with Crippen LogP contribution in [0, 0.1) is 0 Å². The van der Waals surface area contributed by atoms with Crippen molar-refractivity contribution in [3.05, 3.63) is 77.0 Å². The van der Waals surface area contributed by atoms with Crippen molar-refractivity contribution in [2.24, 2.45) is 0 Å². The highest BCUT2D eigenvalue weighted by Gasteiger charge is 2.52. The van der Waals surface area contributed by atoms with Gasteiger partial charge in [-0.3, -0.25) is 14.5 Å². The maximum Gasteiger partial charge on any atom is 0.325 e. The molecule has 1 aliphatic heterocycles. The fourth-order valence-electron chi connectivity index (χ4n) is 6.01. The lowest BCUT2D eigenvalue weighted by Gasteiger charge is -2.20. The van der Waals surface area contributed by atoms with Gasteiger partial charge in [0.25, 0.3) is 11.8 Å². The van der Waals surface area contributed by atoms with Crippen molar-refractivity contribution in [1.82, 2.24) is 20.5 Å². The van der Waals surface area contributed by atoms with E-state index in [0.29, 0.717) is 37.9 Å². The number of aromatic nitrogens is 1. The van der Waals surface area contributed by atoms with Crippen molar-refractivity contribution in [2.75, 3.05) is 13.1 Å². The molecule has 2 fully saturated rings. The third-order valence-corrected chi connectivity index (χ3v) is 7.86. The van der Waals surface area contributed by atoms with Crippen LogP contribution in [0.5, 0.6) is 0 Å². The number of pyridine rings is 1. The van der Waals surface area contributed by atoms with Crippen LogP contribution >= 0.6 is 0 Å². The van der Waals surface area contributed by atoms with Gasteiger partial charge < -0.3 is 10.6 Å². The fraction of sp³-hybridized carbons (Fsp3) is 0.333. The zero-order chi connectivity index (χ0) is 25.4. The van der Waals surface area contributed by atoms with E-state index in [1.54, 1.807) is 0 Å². The van der Waals surface area contributed by atoms with Gasteiger partial charge in [0.05, 0.1) is 16.8 Å². The average molecular weight is 495 g/mol. The number of nitrogens with one attached hydrogen (secondary N) is 2. The summed E-state index contributed by atoms with van der Waals surface area (Å²) in [5.41, 5.74) is 4.92. The molecule has 6 rings (SSSR count). The number of rotatable bonds is 6. The topological polar surface area (TPSA) is 91.4 Å². The summed E-state index contributed by atoms with van der Waals surface area (Å²) in [4.78, 5) is 45.0. The SMILES string of the molecule is O=C(NCCCN1C(=O)NC2(CCCC2)C1=O)c1c2c(nc3ccccc13)/C(=C/c1ccccc1)CC2. The van der Waals surface area contributed by atoms with E-state index >= 15 is 0 Å². The molecule has 1 spiro atoms. The average Bonchev–Trinajstić information content (AvgIpc) is 3.60. The number of nitrogens with zero attached hydrogens (tertiary/aromatic N) is 2. The van der Waals surface area contributed by atoms with Crippen molar-refractivity contribution in [1.29, 1.82) is 0 Å². The van der Waals surface area contributed by atoms with Gasteiger partial charge in [0.15, 0.2) is 0 Å². The van der Waals surface area contributed by atoms with E-state index in [4.69, 9.17) is 4.98 Å². The second kappa shape index (κ2) is 9.47. The van der Waals surface area contributed by atoms with Gasteiger partial charge in [0.1, 0.15) is 5.54 Å². The van der Waals surface area contributed by atoms with Crippen molar-refractivity contribution in [3.63, 3.8) is 0 Å². The van der Waals surface area contributed by atoms with E-state index in [0.717, 1.165) is 59.0 Å². The maximum absolute atomic E-state index is 13.5. The van der Waals surface area contributed by atoms with Gasteiger partial charge in [0.2, 0.25) is 0 Å². The zero-order valence-electron chi connectivity index (χ0n) is 20.8. The van der Waals surface area contributed by atoms with Gasteiger partial charge in [-0.05, 0) is 60.9 Å². The van der Waals surface area contributed by atoms with E-state index in [-0.39, 0.29) is 17.8 Å². The third kappa shape index (κ3) is 4.18. The second-order valence-corrected chi connectivity index (χ2v) is 10.2. The molecule has 3 aromatic rings. The number of benzene rings is 2. The summed E-state index contributed by atoms with van der Waals surface area (Å²) in [5.74, 6) is -0.253. The number of fused-ring (bicyclic) bond motifs is 2. The van der Waals surface area contributed by atoms with E-state index in [2.05, 4.69) is 28.8 Å². The molecular formula is C30H30N4O3. The van der Waals surface area contributed by atoms with Gasteiger partial charge in [-0.15, -0.1) is 0 Å². The molecule has 2 heterocycles. The van der Waals surface area contributed by atoms with Crippen LogP contribution in [0.4, 0.5) is 4.79 Å². The normalized spacial score (nSPS) is 19.1. The van der Waals surface area contributed by atoms with Crippen LogP contribution in [-0.4, -0.2) is 46.4 Å². The van der Waals surface area contributed by atoms with Crippen molar-refractivity contribution < 1.29 is 14.4 Å². The first-order valence-corrected chi connectivity index (χ1v) is 13.2. The van der Waals surface area contributed by atoms with Crippen LogP contribution in [0.3, 0.4) is 0 Å². The summed E-state index contributed by atoms with van der Waals surface area (Å²) in [7, 11) is 0. The lowest BCUT2D eigenvalue weighted by atomic mass is 9.98. The number of para-hydroxylation sites is 1. The van der Waals surface area contributed by atoms with E-state index in [1.165, 1.54) is 4.90 Å².